The molecule has 5 nitrogen and oxygen atoms in total. The van der Waals surface area contributed by atoms with E-state index in [1.165, 1.54) is 0 Å². The van der Waals surface area contributed by atoms with Crippen molar-refractivity contribution in [2.75, 3.05) is 31.9 Å². The number of anilines is 1. The molecule has 1 aliphatic rings. The Labute approximate surface area is 145 Å². The minimum Gasteiger partial charge on any atom is -0.399 e. The number of halogens is 2. The largest absolute Gasteiger partial charge is 0.399 e. The zero-order valence-electron chi connectivity index (χ0n) is 13.5. The number of nitrogens with zero attached hydrogens (tertiary/aromatic N) is 2. The summed E-state index contributed by atoms with van der Waals surface area (Å²) >= 11 is 0. The molecule has 0 amide bonds. The fourth-order valence-electron chi connectivity index (χ4n) is 2.87. The molecule has 0 bridgehead atoms. The molecule has 2 N–H and O–H groups in total. The van der Waals surface area contributed by atoms with E-state index in [2.05, 4.69) is 4.90 Å². The van der Waals surface area contributed by atoms with Gasteiger partial charge in [-0.3, -0.25) is 4.90 Å². The second kappa shape index (κ2) is 7.07. The van der Waals surface area contributed by atoms with Crippen LogP contribution in [0.25, 0.3) is 0 Å². The van der Waals surface area contributed by atoms with Crippen LogP contribution in [0.3, 0.4) is 0 Å². The van der Waals surface area contributed by atoms with E-state index in [-0.39, 0.29) is 13.1 Å². The second-order valence-corrected chi connectivity index (χ2v) is 7.85. The van der Waals surface area contributed by atoms with Gasteiger partial charge in [-0.1, -0.05) is 18.2 Å². The highest BCUT2D eigenvalue weighted by molar-refractivity contribution is 7.89. The fourth-order valence-corrected chi connectivity index (χ4v) is 4.40. The van der Waals surface area contributed by atoms with Crippen LogP contribution in [0.5, 0.6) is 0 Å². The number of benzene rings is 2. The van der Waals surface area contributed by atoms with Gasteiger partial charge >= 0.3 is 0 Å². The van der Waals surface area contributed by atoms with Gasteiger partial charge in [0.2, 0.25) is 10.0 Å². The van der Waals surface area contributed by atoms with Crippen molar-refractivity contribution < 1.29 is 17.2 Å². The van der Waals surface area contributed by atoms with E-state index in [0.29, 0.717) is 25.3 Å². The molecule has 0 radical (unpaired) electrons. The highest BCUT2D eigenvalue weighted by Gasteiger charge is 2.32. The maximum Gasteiger partial charge on any atom is 0.249 e. The number of nitrogens with two attached hydrogens (primary N) is 1. The molecule has 2 aromatic carbocycles. The molecule has 8 heteroatoms. The van der Waals surface area contributed by atoms with Gasteiger partial charge in [-0.2, -0.15) is 4.31 Å². The Morgan fingerprint density at radius 1 is 0.920 bits per heavy atom. The van der Waals surface area contributed by atoms with Gasteiger partial charge < -0.3 is 5.73 Å². The first-order valence-electron chi connectivity index (χ1n) is 7.89. The Morgan fingerprint density at radius 2 is 1.48 bits per heavy atom. The van der Waals surface area contributed by atoms with Crippen LogP contribution >= 0.6 is 0 Å². The standard InChI is InChI=1S/C17H19F2N3O2S/c18-15-2-1-3-16(19)17(15)25(23,24)22-10-8-21(9-11-22)12-13-4-6-14(20)7-5-13/h1-7H,8-12,20H2. The predicted octanol–water partition coefficient (Wildman–Crippen LogP) is 2.05. The molecule has 1 saturated heterocycles. The van der Waals surface area contributed by atoms with Crippen LogP contribution in [-0.4, -0.2) is 43.8 Å². The van der Waals surface area contributed by atoms with Crippen LogP contribution < -0.4 is 5.73 Å². The van der Waals surface area contributed by atoms with Gasteiger partial charge in [-0.15, -0.1) is 0 Å². The van der Waals surface area contributed by atoms with Crippen LogP contribution in [-0.2, 0) is 16.6 Å². The average molecular weight is 367 g/mol. The van der Waals surface area contributed by atoms with E-state index in [4.69, 9.17) is 5.73 Å². The van der Waals surface area contributed by atoms with Crippen LogP contribution in [0, 0.1) is 11.6 Å². The smallest absolute Gasteiger partial charge is 0.249 e. The van der Waals surface area contributed by atoms with Crippen LogP contribution in [0.2, 0.25) is 0 Å². The first kappa shape index (κ1) is 17.8. The monoisotopic (exact) mass is 367 g/mol. The van der Waals surface area contributed by atoms with Crippen LogP contribution in [0.15, 0.2) is 47.4 Å². The molecule has 25 heavy (non-hydrogen) atoms. The summed E-state index contributed by atoms with van der Waals surface area (Å²) in [6, 6.07) is 10.5. The van der Waals surface area contributed by atoms with E-state index >= 15 is 0 Å². The number of piperazine rings is 1. The maximum absolute atomic E-state index is 13.8. The van der Waals surface area contributed by atoms with Gasteiger partial charge in [0.25, 0.3) is 0 Å². The summed E-state index contributed by atoms with van der Waals surface area (Å²) in [4.78, 5) is 1.22. The molecule has 1 heterocycles. The number of hydrogen-bond donors (Lipinski definition) is 1. The molecule has 1 fully saturated rings. The van der Waals surface area contributed by atoms with E-state index < -0.39 is 26.6 Å². The third-order valence-electron chi connectivity index (χ3n) is 4.23. The zero-order valence-corrected chi connectivity index (χ0v) is 14.3. The molecule has 0 unspecified atom stereocenters. The molecular formula is C17H19F2N3O2S. The lowest BCUT2D eigenvalue weighted by atomic mass is 10.2. The van der Waals surface area contributed by atoms with E-state index in [1.54, 1.807) is 0 Å². The normalized spacial score (nSPS) is 16.9. The minimum atomic E-state index is -4.19. The summed E-state index contributed by atoms with van der Waals surface area (Å²) in [5.41, 5.74) is 7.42. The van der Waals surface area contributed by atoms with Crippen molar-refractivity contribution in [3.05, 3.63) is 59.7 Å². The first-order chi connectivity index (χ1) is 11.9. The quantitative estimate of drug-likeness (QED) is 0.840. The van der Waals surface area contributed by atoms with Gasteiger partial charge in [-0.25, -0.2) is 17.2 Å². The summed E-state index contributed by atoms with van der Waals surface area (Å²) in [6.07, 6.45) is 0. The average Bonchev–Trinajstić information content (AvgIpc) is 2.57. The van der Waals surface area contributed by atoms with Crippen molar-refractivity contribution in [1.82, 2.24) is 9.21 Å². The third kappa shape index (κ3) is 3.81. The van der Waals surface area contributed by atoms with Gasteiger partial charge in [0.1, 0.15) is 11.6 Å². The molecule has 0 atom stereocenters. The zero-order chi connectivity index (χ0) is 18.0. The van der Waals surface area contributed by atoms with Crippen molar-refractivity contribution in [2.24, 2.45) is 0 Å². The van der Waals surface area contributed by atoms with Gasteiger partial charge in [-0.05, 0) is 29.8 Å². The lowest BCUT2D eigenvalue weighted by molar-refractivity contribution is 0.181. The summed E-state index contributed by atoms with van der Waals surface area (Å²) in [5, 5.41) is 0. The number of hydrogen-bond acceptors (Lipinski definition) is 4. The Hall–Kier alpha value is -2.03. The first-order valence-corrected chi connectivity index (χ1v) is 9.33. The molecule has 2 aromatic rings. The summed E-state index contributed by atoms with van der Waals surface area (Å²) in [7, 11) is -4.19. The molecule has 0 spiro atoms. The van der Waals surface area contributed by atoms with Crippen molar-refractivity contribution in [1.29, 1.82) is 0 Å². The molecule has 3 rings (SSSR count). The SMILES string of the molecule is Nc1ccc(CN2CCN(S(=O)(=O)c3c(F)cccc3F)CC2)cc1. The van der Waals surface area contributed by atoms with Crippen molar-refractivity contribution in [3.8, 4) is 0 Å². The van der Waals surface area contributed by atoms with E-state index in [9.17, 15) is 17.2 Å². The molecule has 134 valence electrons. The summed E-state index contributed by atoms with van der Waals surface area (Å²) in [5.74, 6) is -2.13. The Morgan fingerprint density at radius 3 is 2.04 bits per heavy atom. The van der Waals surface area contributed by atoms with Gasteiger partial charge in [0, 0.05) is 38.4 Å². The number of sulfonamides is 1. The number of nitrogen functional groups attached to an aromatic ring is 1. The topological polar surface area (TPSA) is 66.6 Å². The fraction of sp³-hybridized carbons (Fsp3) is 0.294. The van der Waals surface area contributed by atoms with Crippen molar-refractivity contribution in [3.63, 3.8) is 0 Å². The van der Waals surface area contributed by atoms with Crippen LogP contribution in [0.4, 0.5) is 14.5 Å². The highest BCUT2D eigenvalue weighted by Crippen LogP contribution is 2.24. The minimum absolute atomic E-state index is 0.186. The molecule has 0 aromatic heterocycles. The highest BCUT2D eigenvalue weighted by atomic mass is 32.2. The maximum atomic E-state index is 13.8. The molecule has 1 aliphatic heterocycles. The number of rotatable bonds is 4. The van der Waals surface area contributed by atoms with E-state index in [1.807, 2.05) is 24.3 Å². The molecular weight excluding hydrogens is 348 g/mol. The lowest BCUT2D eigenvalue weighted by Gasteiger charge is -2.34. The second-order valence-electron chi connectivity index (χ2n) is 5.97. The van der Waals surface area contributed by atoms with Crippen molar-refractivity contribution >= 4 is 15.7 Å². The predicted molar refractivity (Wildman–Crippen MR) is 91.2 cm³/mol. The summed E-state index contributed by atoms with van der Waals surface area (Å²) in [6.45, 7) is 2.01. The summed E-state index contributed by atoms with van der Waals surface area (Å²) < 4.78 is 53.9. The molecule has 0 aliphatic carbocycles. The molecule has 0 saturated carbocycles. The van der Waals surface area contributed by atoms with Crippen molar-refractivity contribution in [2.45, 2.75) is 11.4 Å². The van der Waals surface area contributed by atoms with Gasteiger partial charge in [0.15, 0.2) is 4.90 Å². The Balaban J connectivity index is 1.68. The Kier molecular flexibility index (Phi) is 5.03. The van der Waals surface area contributed by atoms with Crippen LogP contribution in [0.1, 0.15) is 5.56 Å². The Bertz CT molecular complexity index is 828. The van der Waals surface area contributed by atoms with E-state index in [0.717, 1.165) is 28.1 Å². The van der Waals surface area contributed by atoms with Gasteiger partial charge in [0.05, 0.1) is 0 Å². The third-order valence-corrected chi connectivity index (χ3v) is 6.18. The lowest BCUT2D eigenvalue weighted by Crippen LogP contribution is -2.48.